The van der Waals surface area contributed by atoms with Crippen molar-refractivity contribution >= 4 is 11.9 Å². The third-order valence-electron chi connectivity index (χ3n) is 3.73. The van der Waals surface area contributed by atoms with Crippen LogP contribution < -0.4 is 16.4 Å². The van der Waals surface area contributed by atoms with Gasteiger partial charge in [0.05, 0.1) is 6.54 Å². The molecular formula is C13H25N7. The smallest absolute Gasteiger partial charge is 0.229 e. The molecule has 0 aromatic carbocycles. The lowest BCUT2D eigenvalue weighted by Crippen LogP contribution is -2.34. The van der Waals surface area contributed by atoms with Crippen molar-refractivity contribution < 1.29 is 0 Å². The van der Waals surface area contributed by atoms with Gasteiger partial charge in [-0.15, -0.1) is 0 Å². The largest absolute Gasteiger partial charge is 0.368 e. The Bertz CT molecular complexity index is 427. The number of likely N-dealkylation sites (tertiary alicyclic amines) is 1. The van der Waals surface area contributed by atoms with E-state index in [1.807, 2.05) is 19.0 Å². The molecule has 7 nitrogen and oxygen atoms in total. The van der Waals surface area contributed by atoms with Gasteiger partial charge in [-0.1, -0.05) is 0 Å². The molecule has 2 heterocycles. The molecule has 1 aromatic heterocycles. The maximum absolute atomic E-state index is 5.74. The van der Waals surface area contributed by atoms with Crippen LogP contribution in [0.1, 0.15) is 25.1 Å². The van der Waals surface area contributed by atoms with Crippen molar-refractivity contribution in [2.45, 2.75) is 25.8 Å². The van der Waals surface area contributed by atoms with E-state index in [0.29, 0.717) is 5.95 Å². The number of nitrogens with two attached hydrogens (primary N) is 2. The van der Waals surface area contributed by atoms with Gasteiger partial charge in [0.25, 0.3) is 0 Å². The van der Waals surface area contributed by atoms with Gasteiger partial charge in [-0.3, -0.25) is 4.90 Å². The van der Waals surface area contributed by atoms with Gasteiger partial charge in [0.15, 0.2) is 0 Å². The number of piperidine rings is 1. The lowest BCUT2D eigenvalue weighted by atomic mass is 9.94. The fourth-order valence-electron chi connectivity index (χ4n) is 2.56. The summed E-state index contributed by atoms with van der Waals surface area (Å²) in [5.41, 5.74) is 11.4. The van der Waals surface area contributed by atoms with Crippen LogP contribution in [-0.2, 0) is 6.54 Å². The molecule has 0 saturated carbocycles. The highest BCUT2D eigenvalue weighted by atomic mass is 15.3. The molecule has 0 bridgehead atoms. The summed E-state index contributed by atoms with van der Waals surface area (Å²) in [7, 11) is 3.80. The second kappa shape index (κ2) is 6.81. The van der Waals surface area contributed by atoms with E-state index in [4.69, 9.17) is 11.5 Å². The monoisotopic (exact) mass is 279 g/mol. The highest BCUT2D eigenvalue weighted by Gasteiger charge is 2.19. The van der Waals surface area contributed by atoms with Crippen molar-refractivity contribution in [2.75, 3.05) is 44.4 Å². The first-order chi connectivity index (χ1) is 9.58. The Kier molecular flexibility index (Phi) is 5.08. The van der Waals surface area contributed by atoms with Crippen LogP contribution in [0.5, 0.6) is 0 Å². The second-order valence-electron chi connectivity index (χ2n) is 5.60. The molecule has 0 spiro atoms. The van der Waals surface area contributed by atoms with Crippen molar-refractivity contribution in [3.63, 3.8) is 0 Å². The number of nitrogens with zero attached hydrogens (tertiary/aromatic N) is 5. The van der Waals surface area contributed by atoms with Crippen LogP contribution in [-0.4, -0.2) is 53.6 Å². The zero-order valence-electron chi connectivity index (χ0n) is 12.4. The van der Waals surface area contributed by atoms with Crippen LogP contribution in [0.2, 0.25) is 0 Å². The summed E-state index contributed by atoms with van der Waals surface area (Å²) in [4.78, 5) is 17.0. The highest BCUT2D eigenvalue weighted by Crippen LogP contribution is 2.21. The van der Waals surface area contributed by atoms with Gasteiger partial charge in [0.2, 0.25) is 11.9 Å². The molecule has 7 heteroatoms. The van der Waals surface area contributed by atoms with E-state index >= 15 is 0 Å². The van der Waals surface area contributed by atoms with E-state index in [-0.39, 0.29) is 5.95 Å². The zero-order valence-corrected chi connectivity index (χ0v) is 12.4. The first-order valence-corrected chi connectivity index (χ1v) is 7.18. The molecule has 0 radical (unpaired) electrons. The fourth-order valence-corrected chi connectivity index (χ4v) is 2.56. The number of hydrogen-bond donors (Lipinski definition) is 2. The first-order valence-electron chi connectivity index (χ1n) is 7.18. The van der Waals surface area contributed by atoms with Gasteiger partial charge in [0.1, 0.15) is 5.82 Å². The molecule has 2 rings (SSSR count). The van der Waals surface area contributed by atoms with Crippen molar-refractivity contribution in [3.05, 3.63) is 5.82 Å². The van der Waals surface area contributed by atoms with Gasteiger partial charge in [-0.05, 0) is 44.8 Å². The Morgan fingerprint density at radius 1 is 1.20 bits per heavy atom. The Morgan fingerprint density at radius 3 is 2.50 bits per heavy atom. The lowest BCUT2D eigenvalue weighted by Gasteiger charge is -2.31. The summed E-state index contributed by atoms with van der Waals surface area (Å²) in [6.07, 6.45) is 3.55. The Labute approximate surface area is 120 Å². The van der Waals surface area contributed by atoms with Crippen molar-refractivity contribution in [1.29, 1.82) is 0 Å². The second-order valence-corrected chi connectivity index (χ2v) is 5.60. The third kappa shape index (κ3) is 4.01. The summed E-state index contributed by atoms with van der Waals surface area (Å²) < 4.78 is 0. The number of nitrogen functional groups attached to an aromatic ring is 1. The van der Waals surface area contributed by atoms with Crippen LogP contribution in [0.3, 0.4) is 0 Å². The van der Waals surface area contributed by atoms with E-state index in [1.54, 1.807) is 0 Å². The van der Waals surface area contributed by atoms with E-state index in [0.717, 1.165) is 44.3 Å². The number of hydrogen-bond acceptors (Lipinski definition) is 7. The number of aromatic nitrogens is 3. The van der Waals surface area contributed by atoms with Gasteiger partial charge < -0.3 is 16.4 Å². The summed E-state index contributed by atoms with van der Waals surface area (Å²) in [6.45, 7) is 3.69. The van der Waals surface area contributed by atoms with Gasteiger partial charge in [-0.25, -0.2) is 0 Å². The van der Waals surface area contributed by atoms with Gasteiger partial charge >= 0.3 is 0 Å². The zero-order chi connectivity index (χ0) is 14.5. The van der Waals surface area contributed by atoms with Gasteiger partial charge in [-0.2, -0.15) is 15.0 Å². The number of rotatable bonds is 5. The number of anilines is 2. The molecule has 0 aliphatic carbocycles. The lowest BCUT2D eigenvalue weighted by molar-refractivity contribution is 0.170. The van der Waals surface area contributed by atoms with E-state index in [1.165, 1.54) is 12.8 Å². The van der Waals surface area contributed by atoms with Crippen molar-refractivity contribution in [1.82, 2.24) is 19.9 Å². The van der Waals surface area contributed by atoms with Crippen molar-refractivity contribution in [3.8, 4) is 0 Å². The molecule has 4 N–H and O–H groups in total. The summed E-state index contributed by atoms with van der Waals surface area (Å²) in [6, 6.07) is 0. The third-order valence-corrected chi connectivity index (χ3v) is 3.73. The molecule has 1 fully saturated rings. The fraction of sp³-hybridized carbons (Fsp3) is 0.769. The topological polar surface area (TPSA) is 97.2 Å². The molecule has 1 aromatic rings. The standard InChI is InChI=1S/C13H25N7/c1-19(2)13-17-11(16-12(15)18-13)9-20-7-4-10(3-6-14)5-8-20/h10H,3-9,14H2,1-2H3,(H2,15,16,17,18). The van der Waals surface area contributed by atoms with Crippen LogP contribution in [0, 0.1) is 5.92 Å². The van der Waals surface area contributed by atoms with E-state index < -0.39 is 0 Å². The van der Waals surface area contributed by atoms with E-state index in [9.17, 15) is 0 Å². The Morgan fingerprint density at radius 2 is 1.90 bits per heavy atom. The predicted octanol–water partition coefficient (Wildman–Crippen LogP) is 0.0806. The van der Waals surface area contributed by atoms with Crippen LogP contribution in [0.4, 0.5) is 11.9 Å². The van der Waals surface area contributed by atoms with Crippen LogP contribution in [0.25, 0.3) is 0 Å². The minimum absolute atomic E-state index is 0.289. The first kappa shape index (κ1) is 14.9. The Balaban J connectivity index is 1.94. The molecule has 112 valence electrons. The van der Waals surface area contributed by atoms with Crippen LogP contribution in [0.15, 0.2) is 0 Å². The summed E-state index contributed by atoms with van der Waals surface area (Å²) >= 11 is 0. The highest BCUT2D eigenvalue weighted by molar-refractivity contribution is 5.32. The Hall–Kier alpha value is -1.47. The van der Waals surface area contributed by atoms with Crippen molar-refractivity contribution in [2.24, 2.45) is 11.7 Å². The normalized spacial score (nSPS) is 17.4. The molecule has 20 heavy (non-hydrogen) atoms. The molecule has 0 unspecified atom stereocenters. The molecule has 1 saturated heterocycles. The molecule has 1 aliphatic rings. The SMILES string of the molecule is CN(C)c1nc(N)nc(CN2CCC(CCN)CC2)n1. The summed E-state index contributed by atoms with van der Waals surface area (Å²) in [5, 5.41) is 0. The van der Waals surface area contributed by atoms with E-state index in [2.05, 4.69) is 19.9 Å². The summed E-state index contributed by atoms with van der Waals surface area (Å²) in [5.74, 6) is 2.43. The minimum atomic E-state index is 0.289. The minimum Gasteiger partial charge on any atom is -0.368 e. The maximum Gasteiger partial charge on any atom is 0.229 e. The average Bonchev–Trinajstić information content (AvgIpc) is 2.40. The van der Waals surface area contributed by atoms with Crippen LogP contribution >= 0.6 is 0 Å². The molecule has 1 aliphatic heterocycles. The molecule has 0 atom stereocenters. The average molecular weight is 279 g/mol. The maximum atomic E-state index is 5.74. The predicted molar refractivity (Wildman–Crippen MR) is 80.2 cm³/mol. The molecule has 0 amide bonds. The quantitative estimate of drug-likeness (QED) is 0.787. The van der Waals surface area contributed by atoms with Gasteiger partial charge in [0, 0.05) is 14.1 Å². The molecular weight excluding hydrogens is 254 g/mol.